The summed E-state index contributed by atoms with van der Waals surface area (Å²) in [6, 6.07) is 1.49. The average molecular weight is 286 g/mol. The molecule has 0 unspecified atom stereocenters. The van der Waals surface area contributed by atoms with Crippen molar-refractivity contribution in [3.63, 3.8) is 0 Å². The summed E-state index contributed by atoms with van der Waals surface area (Å²) >= 11 is 0. The summed E-state index contributed by atoms with van der Waals surface area (Å²) in [6.07, 6.45) is 0. The first kappa shape index (κ1) is 15.3. The zero-order valence-corrected chi connectivity index (χ0v) is 10.6. The molecule has 1 aromatic rings. The van der Waals surface area contributed by atoms with E-state index in [1.165, 1.54) is 0 Å². The molecule has 0 atom stereocenters. The molecule has 0 spiro atoms. The summed E-state index contributed by atoms with van der Waals surface area (Å²) in [4.78, 5) is 32.5. The van der Waals surface area contributed by atoms with E-state index in [1.807, 2.05) is 0 Å². The number of nitro groups is 1. The third kappa shape index (κ3) is 3.40. The molecule has 0 radical (unpaired) electrons. The first-order valence-electron chi connectivity index (χ1n) is 5.27. The van der Waals surface area contributed by atoms with Gasteiger partial charge in [-0.05, 0) is 6.07 Å². The number of methoxy groups -OCH3 is 2. The van der Waals surface area contributed by atoms with Gasteiger partial charge in [-0.3, -0.25) is 14.9 Å². The lowest BCUT2D eigenvalue weighted by Gasteiger charge is -2.09. The Morgan fingerprint density at radius 3 is 2.50 bits per heavy atom. The van der Waals surface area contributed by atoms with Crippen molar-refractivity contribution in [1.29, 1.82) is 0 Å². The van der Waals surface area contributed by atoms with Gasteiger partial charge in [0, 0.05) is 6.07 Å². The van der Waals surface area contributed by atoms with Crippen LogP contribution in [0.1, 0.15) is 10.4 Å². The lowest BCUT2D eigenvalue weighted by Crippen LogP contribution is -2.17. The lowest BCUT2D eigenvalue weighted by molar-refractivity contribution is -0.384. The molecule has 0 aliphatic rings. The molecule has 0 saturated heterocycles. The van der Waals surface area contributed by atoms with Crippen LogP contribution in [0.25, 0.3) is 0 Å². The Labute approximate surface area is 112 Å². The Hall–Kier alpha value is -2.71. The quantitative estimate of drug-likeness (QED) is 0.490. The van der Waals surface area contributed by atoms with Crippen LogP contribution in [-0.2, 0) is 14.3 Å². The number of halogens is 1. The second kappa shape index (κ2) is 6.45. The van der Waals surface area contributed by atoms with Crippen molar-refractivity contribution in [3.05, 3.63) is 33.6 Å². The zero-order valence-electron chi connectivity index (χ0n) is 10.6. The molecule has 0 bridgehead atoms. The predicted octanol–water partition coefficient (Wildman–Crippen LogP) is 1.11. The molecule has 108 valence electrons. The summed E-state index contributed by atoms with van der Waals surface area (Å²) in [6.45, 7) is -0.415. The minimum absolute atomic E-state index is 0.319. The van der Waals surface area contributed by atoms with E-state index >= 15 is 0 Å². The molecule has 20 heavy (non-hydrogen) atoms. The monoisotopic (exact) mass is 286 g/mol. The van der Waals surface area contributed by atoms with Crippen LogP contribution in [-0.4, -0.2) is 37.6 Å². The summed E-state index contributed by atoms with van der Waals surface area (Å²) < 4.78 is 22.1. The van der Waals surface area contributed by atoms with E-state index in [0.29, 0.717) is 6.07 Å². The number of carbonyl (C=O) groups excluding carboxylic acids is 2. The molecule has 0 aliphatic heterocycles. The van der Waals surface area contributed by atoms with Crippen molar-refractivity contribution in [2.24, 2.45) is 0 Å². The summed E-state index contributed by atoms with van der Waals surface area (Å²) in [5, 5.41) is 13.3. The normalized spacial score (nSPS) is 9.75. The van der Waals surface area contributed by atoms with Crippen LogP contribution in [0.5, 0.6) is 0 Å². The van der Waals surface area contributed by atoms with Crippen molar-refractivity contribution in [3.8, 4) is 0 Å². The molecule has 0 amide bonds. The van der Waals surface area contributed by atoms with E-state index in [0.717, 1.165) is 20.3 Å². The van der Waals surface area contributed by atoms with Gasteiger partial charge < -0.3 is 14.8 Å². The van der Waals surface area contributed by atoms with E-state index in [2.05, 4.69) is 14.8 Å². The first-order chi connectivity index (χ1) is 9.40. The number of carbonyl (C=O) groups is 2. The number of nitrogens with zero attached hydrogens (tertiary/aromatic N) is 1. The number of esters is 2. The van der Waals surface area contributed by atoms with E-state index in [1.54, 1.807) is 0 Å². The van der Waals surface area contributed by atoms with Gasteiger partial charge in [-0.2, -0.15) is 0 Å². The van der Waals surface area contributed by atoms with E-state index in [-0.39, 0.29) is 5.69 Å². The number of hydrogen-bond donors (Lipinski definition) is 1. The SMILES string of the molecule is COC(=O)CNc1cc(F)cc(C(=O)OC)c1[N+](=O)[O-]. The fraction of sp³-hybridized carbons (Fsp3) is 0.273. The third-order valence-electron chi connectivity index (χ3n) is 2.31. The van der Waals surface area contributed by atoms with Gasteiger partial charge in [0.2, 0.25) is 0 Å². The van der Waals surface area contributed by atoms with Gasteiger partial charge in [0.25, 0.3) is 0 Å². The second-order valence-electron chi connectivity index (χ2n) is 3.53. The lowest BCUT2D eigenvalue weighted by atomic mass is 10.1. The highest BCUT2D eigenvalue weighted by atomic mass is 19.1. The number of nitrogens with one attached hydrogen (secondary N) is 1. The maximum Gasteiger partial charge on any atom is 0.345 e. The van der Waals surface area contributed by atoms with Crippen molar-refractivity contribution in [2.45, 2.75) is 0 Å². The fourth-order valence-corrected chi connectivity index (χ4v) is 1.44. The molecule has 0 heterocycles. The molecule has 0 aromatic heterocycles. The van der Waals surface area contributed by atoms with Crippen LogP contribution in [0, 0.1) is 15.9 Å². The Bertz CT molecular complexity index is 560. The molecule has 1 N–H and O–H groups in total. The van der Waals surface area contributed by atoms with Crippen LogP contribution in [0.3, 0.4) is 0 Å². The van der Waals surface area contributed by atoms with E-state index < -0.39 is 40.5 Å². The minimum Gasteiger partial charge on any atom is -0.468 e. The van der Waals surface area contributed by atoms with E-state index in [9.17, 15) is 24.1 Å². The van der Waals surface area contributed by atoms with Crippen LogP contribution >= 0.6 is 0 Å². The fourth-order valence-electron chi connectivity index (χ4n) is 1.44. The smallest absolute Gasteiger partial charge is 0.345 e. The van der Waals surface area contributed by atoms with Gasteiger partial charge >= 0.3 is 17.6 Å². The van der Waals surface area contributed by atoms with E-state index in [4.69, 9.17) is 0 Å². The van der Waals surface area contributed by atoms with Gasteiger partial charge in [-0.1, -0.05) is 0 Å². The molecule has 0 fully saturated rings. The topological polar surface area (TPSA) is 108 Å². The molecule has 0 aliphatic carbocycles. The molecule has 0 saturated carbocycles. The maximum absolute atomic E-state index is 13.4. The molecule has 1 aromatic carbocycles. The largest absolute Gasteiger partial charge is 0.468 e. The highest BCUT2D eigenvalue weighted by Gasteiger charge is 2.27. The maximum atomic E-state index is 13.4. The summed E-state index contributed by atoms with van der Waals surface area (Å²) in [5.41, 5.74) is -1.55. The van der Waals surface area contributed by atoms with Crippen molar-refractivity contribution in [2.75, 3.05) is 26.1 Å². The van der Waals surface area contributed by atoms with Crippen LogP contribution < -0.4 is 5.32 Å². The Balaban J connectivity index is 3.27. The number of ether oxygens (including phenoxy) is 2. The minimum atomic E-state index is -1.06. The number of nitro benzene ring substituents is 1. The summed E-state index contributed by atoms with van der Waals surface area (Å²) in [7, 11) is 2.14. The summed E-state index contributed by atoms with van der Waals surface area (Å²) in [5.74, 6) is -2.65. The molecular weight excluding hydrogens is 275 g/mol. The van der Waals surface area contributed by atoms with Crippen molar-refractivity contribution >= 4 is 23.3 Å². The highest BCUT2D eigenvalue weighted by Crippen LogP contribution is 2.30. The predicted molar refractivity (Wildman–Crippen MR) is 64.9 cm³/mol. The Morgan fingerprint density at radius 1 is 1.35 bits per heavy atom. The zero-order chi connectivity index (χ0) is 15.3. The molecule has 8 nitrogen and oxygen atoms in total. The number of benzene rings is 1. The van der Waals surface area contributed by atoms with Crippen molar-refractivity contribution < 1.29 is 28.4 Å². The van der Waals surface area contributed by atoms with Gasteiger partial charge in [-0.15, -0.1) is 0 Å². The van der Waals surface area contributed by atoms with Gasteiger partial charge in [-0.25, -0.2) is 9.18 Å². The van der Waals surface area contributed by atoms with Gasteiger partial charge in [0.05, 0.1) is 19.1 Å². The Kier molecular flexibility index (Phi) is 4.95. The second-order valence-corrected chi connectivity index (χ2v) is 3.53. The molecule has 9 heteroatoms. The van der Waals surface area contributed by atoms with Crippen LogP contribution in [0.4, 0.5) is 15.8 Å². The van der Waals surface area contributed by atoms with Gasteiger partial charge in [0.15, 0.2) is 0 Å². The van der Waals surface area contributed by atoms with Crippen LogP contribution in [0.15, 0.2) is 12.1 Å². The Morgan fingerprint density at radius 2 is 2.00 bits per heavy atom. The highest BCUT2D eigenvalue weighted by molar-refractivity contribution is 5.97. The standard InChI is InChI=1S/C11H11FN2O6/c1-19-9(15)5-13-8-4-6(12)3-7(11(16)20-2)10(8)14(17)18/h3-4,13H,5H2,1-2H3. The number of anilines is 1. The molecular formula is C11H11FN2O6. The third-order valence-corrected chi connectivity index (χ3v) is 2.31. The first-order valence-corrected chi connectivity index (χ1v) is 5.27. The average Bonchev–Trinajstić information content (AvgIpc) is 2.42. The number of rotatable bonds is 5. The van der Waals surface area contributed by atoms with Gasteiger partial charge in [0.1, 0.15) is 23.6 Å². The van der Waals surface area contributed by atoms with Crippen LogP contribution in [0.2, 0.25) is 0 Å². The number of hydrogen-bond acceptors (Lipinski definition) is 7. The van der Waals surface area contributed by atoms with Crippen molar-refractivity contribution in [1.82, 2.24) is 0 Å². The molecule has 1 rings (SSSR count).